The highest BCUT2D eigenvalue weighted by molar-refractivity contribution is 7.99. The molecule has 0 amide bonds. The van der Waals surface area contributed by atoms with Crippen LogP contribution >= 0.6 is 11.8 Å². The monoisotopic (exact) mass is 482 g/mol. The molecule has 0 aromatic heterocycles. The molecule has 0 aliphatic carbocycles. The van der Waals surface area contributed by atoms with Crippen molar-refractivity contribution >= 4 is 11.8 Å². The molecule has 0 fully saturated rings. The number of thioether (sulfide) groups is 1. The summed E-state index contributed by atoms with van der Waals surface area (Å²) in [6.45, 7) is 5.40. The highest BCUT2D eigenvalue weighted by Crippen LogP contribution is 2.33. The number of rotatable bonds is 21. The minimum atomic E-state index is 0.833. The lowest BCUT2D eigenvalue weighted by Gasteiger charge is -2.11. The summed E-state index contributed by atoms with van der Waals surface area (Å²) in [6, 6.07) is 17.6. The van der Waals surface area contributed by atoms with Gasteiger partial charge in [0.25, 0.3) is 0 Å². The predicted molar refractivity (Wildman–Crippen MR) is 153 cm³/mol. The minimum Gasteiger partial charge on any atom is -0.494 e. The fourth-order valence-electron chi connectivity index (χ4n) is 4.41. The fraction of sp³-hybridized carbons (Fsp3) is 0.625. The molecule has 0 atom stereocenters. The molecule has 2 heteroatoms. The van der Waals surface area contributed by atoms with Crippen LogP contribution in [0, 0.1) is 0 Å². The third-order valence-electron chi connectivity index (χ3n) is 6.57. The van der Waals surface area contributed by atoms with E-state index in [2.05, 4.69) is 62.4 Å². The Kier molecular flexibility index (Phi) is 16.8. The second kappa shape index (κ2) is 19.8. The summed E-state index contributed by atoms with van der Waals surface area (Å²) in [5.74, 6) is 2.21. The average molecular weight is 483 g/mol. The fourth-order valence-corrected chi connectivity index (χ4v) is 5.49. The summed E-state index contributed by atoms with van der Waals surface area (Å²) in [4.78, 5) is 1.40. The number of hydrogen-bond acceptors (Lipinski definition) is 2. The molecular formula is C32H50OS. The van der Waals surface area contributed by atoms with Crippen molar-refractivity contribution in [2.24, 2.45) is 0 Å². The average Bonchev–Trinajstić information content (AvgIpc) is 2.87. The topological polar surface area (TPSA) is 9.23 Å². The smallest absolute Gasteiger partial charge is 0.119 e. The molecule has 2 rings (SSSR count). The van der Waals surface area contributed by atoms with Crippen LogP contribution in [0.1, 0.15) is 117 Å². The van der Waals surface area contributed by atoms with Crippen molar-refractivity contribution in [3.63, 3.8) is 0 Å². The van der Waals surface area contributed by atoms with E-state index in [1.165, 1.54) is 118 Å². The van der Waals surface area contributed by atoms with Gasteiger partial charge in [0.05, 0.1) is 6.61 Å². The van der Waals surface area contributed by atoms with Gasteiger partial charge in [-0.1, -0.05) is 134 Å². The van der Waals surface area contributed by atoms with Gasteiger partial charge >= 0.3 is 0 Å². The van der Waals surface area contributed by atoms with E-state index in [4.69, 9.17) is 4.74 Å². The minimum absolute atomic E-state index is 0.833. The molecule has 0 saturated heterocycles. The summed E-state index contributed by atoms with van der Waals surface area (Å²) in [6.07, 6.45) is 21.8. The largest absolute Gasteiger partial charge is 0.494 e. The van der Waals surface area contributed by atoms with Gasteiger partial charge in [0.15, 0.2) is 0 Å². The lowest BCUT2D eigenvalue weighted by molar-refractivity contribution is 0.304. The molecule has 0 radical (unpaired) electrons. The van der Waals surface area contributed by atoms with Crippen LogP contribution < -0.4 is 4.74 Å². The van der Waals surface area contributed by atoms with Gasteiger partial charge < -0.3 is 4.74 Å². The standard InChI is InChI=1S/C32H50OS/c1-3-5-7-9-11-13-15-19-27-33-30-25-23-29(24-26-30)31-21-17-18-22-32(31)34-28-20-16-14-12-10-8-6-4-2/h17-18,21-26H,3-16,19-20,27-28H2,1-2H3. The van der Waals surface area contributed by atoms with E-state index >= 15 is 0 Å². The summed E-state index contributed by atoms with van der Waals surface area (Å²) in [5, 5.41) is 0. The molecule has 0 unspecified atom stereocenters. The highest BCUT2D eigenvalue weighted by Gasteiger charge is 2.06. The van der Waals surface area contributed by atoms with Gasteiger partial charge in [0.1, 0.15) is 5.75 Å². The molecule has 190 valence electrons. The van der Waals surface area contributed by atoms with Crippen molar-refractivity contribution in [3.05, 3.63) is 48.5 Å². The van der Waals surface area contributed by atoms with Crippen LogP contribution in [-0.4, -0.2) is 12.4 Å². The molecule has 1 nitrogen and oxygen atoms in total. The number of benzene rings is 2. The zero-order valence-electron chi connectivity index (χ0n) is 22.2. The maximum absolute atomic E-state index is 6.00. The molecule has 0 bridgehead atoms. The summed E-state index contributed by atoms with van der Waals surface area (Å²) < 4.78 is 6.00. The lowest BCUT2D eigenvalue weighted by atomic mass is 10.1. The van der Waals surface area contributed by atoms with E-state index < -0.39 is 0 Å². The zero-order chi connectivity index (χ0) is 24.1. The van der Waals surface area contributed by atoms with E-state index in [0.29, 0.717) is 0 Å². The molecular weight excluding hydrogens is 432 g/mol. The Morgan fingerprint density at radius 1 is 0.559 bits per heavy atom. The zero-order valence-corrected chi connectivity index (χ0v) is 23.0. The van der Waals surface area contributed by atoms with Gasteiger partial charge in [-0.05, 0) is 47.9 Å². The van der Waals surface area contributed by atoms with Crippen molar-refractivity contribution < 1.29 is 4.74 Å². The van der Waals surface area contributed by atoms with Crippen molar-refractivity contribution in [2.75, 3.05) is 12.4 Å². The second-order valence-electron chi connectivity index (χ2n) is 9.67. The molecule has 0 saturated carbocycles. The summed E-state index contributed by atoms with van der Waals surface area (Å²) >= 11 is 2.01. The lowest BCUT2D eigenvalue weighted by Crippen LogP contribution is -1.97. The Labute approximate surface area is 215 Å². The van der Waals surface area contributed by atoms with Gasteiger partial charge in [-0.25, -0.2) is 0 Å². The van der Waals surface area contributed by atoms with Crippen LogP contribution in [0.3, 0.4) is 0 Å². The molecule has 0 N–H and O–H groups in total. The van der Waals surface area contributed by atoms with Crippen molar-refractivity contribution in [1.29, 1.82) is 0 Å². The molecule has 2 aromatic rings. The van der Waals surface area contributed by atoms with Gasteiger partial charge in [-0.2, -0.15) is 0 Å². The van der Waals surface area contributed by atoms with E-state index in [9.17, 15) is 0 Å². The SMILES string of the molecule is CCCCCCCCCCOc1ccc(-c2ccccc2SCCCCCCCCCC)cc1. The third kappa shape index (κ3) is 12.9. The molecule has 0 aliphatic rings. The number of hydrogen-bond donors (Lipinski definition) is 0. The Morgan fingerprint density at radius 2 is 1.09 bits per heavy atom. The first-order valence-corrected chi connectivity index (χ1v) is 15.3. The highest BCUT2D eigenvalue weighted by atomic mass is 32.2. The first-order valence-electron chi connectivity index (χ1n) is 14.3. The molecule has 2 aromatic carbocycles. The first kappa shape index (κ1) is 28.8. The molecule has 0 aliphatic heterocycles. The summed E-state index contributed by atoms with van der Waals surface area (Å²) in [7, 11) is 0. The van der Waals surface area contributed by atoms with Gasteiger partial charge in [-0.15, -0.1) is 11.8 Å². The van der Waals surface area contributed by atoms with Crippen molar-refractivity contribution in [3.8, 4) is 16.9 Å². The maximum Gasteiger partial charge on any atom is 0.119 e. The quantitative estimate of drug-likeness (QED) is 0.129. The van der Waals surface area contributed by atoms with Crippen LogP contribution in [0.15, 0.2) is 53.4 Å². The van der Waals surface area contributed by atoms with E-state index in [-0.39, 0.29) is 0 Å². The number of ether oxygens (including phenoxy) is 1. The van der Waals surface area contributed by atoms with Gasteiger partial charge in [0, 0.05) is 4.90 Å². The normalized spacial score (nSPS) is 11.1. The van der Waals surface area contributed by atoms with E-state index in [0.717, 1.165) is 18.8 Å². The third-order valence-corrected chi connectivity index (χ3v) is 7.73. The van der Waals surface area contributed by atoms with E-state index in [1.54, 1.807) is 0 Å². The van der Waals surface area contributed by atoms with Crippen LogP contribution in [-0.2, 0) is 0 Å². The Morgan fingerprint density at radius 3 is 1.71 bits per heavy atom. The van der Waals surface area contributed by atoms with E-state index in [1.807, 2.05) is 11.8 Å². The molecule has 34 heavy (non-hydrogen) atoms. The summed E-state index contributed by atoms with van der Waals surface area (Å²) in [5.41, 5.74) is 2.64. The van der Waals surface area contributed by atoms with Crippen LogP contribution in [0.2, 0.25) is 0 Å². The Hall–Kier alpha value is -1.41. The molecule has 0 heterocycles. The van der Waals surface area contributed by atoms with Crippen LogP contribution in [0.4, 0.5) is 0 Å². The Balaban J connectivity index is 1.66. The second-order valence-corrected chi connectivity index (χ2v) is 10.8. The number of unbranched alkanes of at least 4 members (excludes halogenated alkanes) is 14. The van der Waals surface area contributed by atoms with Crippen molar-refractivity contribution in [1.82, 2.24) is 0 Å². The van der Waals surface area contributed by atoms with Crippen LogP contribution in [0.5, 0.6) is 5.75 Å². The predicted octanol–water partition coefficient (Wildman–Crippen LogP) is 11.1. The van der Waals surface area contributed by atoms with Gasteiger partial charge in [0.2, 0.25) is 0 Å². The van der Waals surface area contributed by atoms with Crippen molar-refractivity contribution in [2.45, 2.75) is 121 Å². The molecule has 0 spiro atoms. The Bertz CT molecular complexity index is 724. The first-order chi connectivity index (χ1) is 16.8. The van der Waals surface area contributed by atoms with Crippen LogP contribution in [0.25, 0.3) is 11.1 Å². The maximum atomic E-state index is 6.00. The van der Waals surface area contributed by atoms with Gasteiger partial charge in [-0.3, -0.25) is 0 Å².